The van der Waals surface area contributed by atoms with Gasteiger partial charge in [0.25, 0.3) is 0 Å². The molecule has 0 aliphatic carbocycles. The van der Waals surface area contributed by atoms with Crippen molar-refractivity contribution in [3.05, 3.63) is 21.9 Å². The van der Waals surface area contributed by atoms with Crippen LogP contribution >= 0.6 is 11.3 Å². The van der Waals surface area contributed by atoms with Gasteiger partial charge in [-0.15, -0.1) is 11.3 Å². The van der Waals surface area contributed by atoms with Crippen LogP contribution in [0.3, 0.4) is 0 Å². The first-order valence-electron chi connectivity index (χ1n) is 7.80. The molecule has 118 valence electrons. The van der Waals surface area contributed by atoms with Crippen molar-refractivity contribution in [2.45, 2.75) is 51.7 Å². The van der Waals surface area contributed by atoms with Crippen LogP contribution in [0.2, 0.25) is 0 Å². The third-order valence-corrected chi connectivity index (χ3v) is 4.70. The molecule has 2 rings (SSSR count). The first-order valence-corrected chi connectivity index (χ1v) is 8.62. The minimum atomic E-state index is 0.0877. The van der Waals surface area contributed by atoms with E-state index in [0.29, 0.717) is 19.1 Å². The largest absolute Gasteiger partial charge is 0.378 e. The average molecular weight is 310 g/mol. The van der Waals surface area contributed by atoms with Gasteiger partial charge in [0.05, 0.1) is 12.7 Å². The van der Waals surface area contributed by atoms with E-state index in [2.05, 4.69) is 36.6 Å². The molecule has 1 amide bonds. The zero-order valence-electron chi connectivity index (χ0n) is 13.0. The van der Waals surface area contributed by atoms with Crippen LogP contribution in [-0.2, 0) is 16.0 Å². The molecule has 0 aromatic carbocycles. The van der Waals surface area contributed by atoms with Crippen molar-refractivity contribution in [2.75, 3.05) is 19.7 Å². The van der Waals surface area contributed by atoms with Gasteiger partial charge in [-0.25, -0.2) is 0 Å². The lowest BCUT2D eigenvalue weighted by Crippen LogP contribution is -2.36. The van der Waals surface area contributed by atoms with E-state index in [1.165, 1.54) is 9.75 Å². The number of piperidine rings is 1. The maximum Gasteiger partial charge on any atom is 0.222 e. The van der Waals surface area contributed by atoms with Crippen molar-refractivity contribution in [3.63, 3.8) is 0 Å². The van der Waals surface area contributed by atoms with Crippen molar-refractivity contribution in [1.29, 1.82) is 0 Å². The highest BCUT2D eigenvalue weighted by molar-refractivity contribution is 7.11. The van der Waals surface area contributed by atoms with Crippen molar-refractivity contribution >= 4 is 17.2 Å². The van der Waals surface area contributed by atoms with Gasteiger partial charge in [0, 0.05) is 28.6 Å². The lowest BCUT2D eigenvalue weighted by Gasteiger charge is -2.23. The molecule has 1 aromatic rings. The van der Waals surface area contributed by atoms with E-state index in [1.54, 1.807) is 11.3 Å². The highest BCUT2D eigenvalue weighted by Crippen LogP contribution is 2.16. The number of amides is 1. The Morgan fingerprint density at radius 1 is 1.48 bits per heavy atom. The predicted molar refractivity (Wildman–Crippen MR) is 86.8 cm³/mol. The number of hydrogen-bond donors (Lipinski definition) is 2. The molecule has 0 saturated carbocycles. The summed E-state index contributed by atoms with van der Waals surface area (Å²) in [5.74, 6) is 0.0877. The topological polar surface area (TPSA) is 50.4 Å². The molecule has 1 saturated heterocycles. The lowest BCUT2D eigenvalue weighted by atomic mass is 10.1. The smallest absolute Gasteiger partial charge is 0.222 e. The molecular formula is C16H26N2O2S. The van der Waals surface area contributed by atoms with Gasteiger partial charge in [-0.2, -0.15) is 0 Å². The number of thiophene rings is 1. The second kappa shape index (κ2) is 8.51. The van der Waals surface area contributed by atoms with Gasteiger partial charge in [0.1, 0.15) is 0 Å². The fourth-order valence-corrected chi connectivity index (χ4v) is 3.59. The number of nitrogens with one attached hydrogen (secondary N) is 2. The first-order chi connectivity index (χ1) is 10.1. The highest BCUT2D eigenvalue weighted by atomic mass is 32.1. The van der Waals surface area contributed by atoms with Gasteiger partial charge in [-0.1, -0.05) is 0 Å². The first kappa shape index (κ1) is 16.5. The van der Waals surface area contributed by atoms with Crippen LogP contribution in [0.1, 0.15) is 35.9 Å². The number of aryl methyl sites for hydroxylation is 1. The molecule has 5 heteroatoms. The minimum Gasteiger partial charge on any atom is -0.378 e. The fourth-order valence-electron chi connectivity index (χ4n) is 2.58. The van der Waals surface area contributed by atoms with E-state index >= 15 is 0 Å². The Morgan fingerprint density at radius 2 is 2.24 bits per heavy atom. The summed E-state index contributed by atoms with van der Waals surface area (Å²) in [5, 5.41) is 6.36. The second-order valence-corrected chi connectivity index (χ2v) is 7.13. The molecule has 0 bridgehead atoms. The molecule has 1 unspecified atom stereocenters. The van der Waals surface area contributed by atoms with Crippen molar-refractivity contribution < 1.29 is 9.53 Å². The molecule has 1 aliphatic heterocycles. The van der Waals surface area contributed by atoms with Crippen molar-refractivity contribution in [2.24, 2.45) is 0 Å². The molecule has 2 N–H and O–H groups in total. The van der Waals surface area contributed by atoms with Gasteiger partial charge in [-0.05, 0) is 51.9 Å². The number of carbonyl (C=O) groups excluding carboxylic acids is 1. The third kappa shape index (κ3) is 6.16. The van der Waals surface area contributed by atoms with E-state index in [0.717, 1.165) is 32.4 Å². The molecule has 4 nitrogen and oxygen atoms in total. The summed E-state index contributed by atoms with van der Waals surface area (Å²) in [4.78, 5) is 14.5. The molecule has 21 heavy (non-hydrogen) atoms. The second-order valence-electron chi connectivity index (χ2n) is 5.76. The van der Waals surface area contributed by atoms with E-state index in [-0.39, 0.29) is 11.9 Å². The molecule has 2 heterocycles. The SMILES string of the molecule is Cc1ccc(CC(C)NC(=O)CCOC2CCNCC2)s1. The predicted octanol–water partition coefficient (Wildman–Crippen LogP) is 2.26. The summed E-state index contributed by atoms with van der Waals surface area (Å²) < 4.78 is 5.76. The Kier molecular flexibility index (Phi) is 6.67. The molecule has 1 aliphatic rings. The van der Waals surface area contributed by atoms with E-state index in [9.17, 15) is 4.79 Å². The van der Waals surface area contributed by atoms with Crippen LogP contribution in [0.15, 0.2) is 12.1 Å². The zero-order chi connectivity index (χ0) is 15.1. The zero-order valence-corrected chi connectivity index (χ0v) is 13.8. The Labute approximate surface area is 131 Å². The Hall–Kier alpha value is -0.910. The van der Waals surface area contributed by atoms with E-state index < -0.39 is 0 Å². The fraction of sp³-hybridized carbons (Fsp3) is 0.688. The third-order valence-electron chi connectivity index (χ3n) is 3.68. The van der Waals surface area contributed by atoms with Crippen molar-refractivity contribution in [1.82, 2.24) is 10.6 Å². The summed E-state index contributed by atoms with van der Waals surface area (Å²) in [7, 11) is 0. The number of ether oxygens (including phenoxy) is 1. The Morgan fingerprint density at radius 3 is 2.90 bits per heavy atom. The Bertz CT molecular complexity index is 441. The number of hydrogen-bond acceptors (Lipinski definition) is 4. The van der Waals surface area contributed by atoms with Crippen LogP contribution in [0, 0.1) is 6.92 Å². The van der Waals surface area contributed by atoms with Crippen LogP contribution in [0.4, 0.5) is 0 Å². The van der Waals surface area contributed by atoms with Gasteiger partial charge >= 0.3 is 0 Å². The van der Waals surface area contributed by atoms with Gasteiger partial charge in [0.2, 0.25) is 5.91 Å². The summed E-state index contributed by atoms with van der Waals surface area (Å²) in [5.41, 5.74) is 0. The van der Waals surface area contributed by atoms with Gasteiger partial charge < -0.3 is 15.4 Å². The summed E-state index contributed by atoms with van der Waals surface area (Å²) >= 11 is 1.80. The average Bonchev–Trinajstić information content (AvgIpc) is 2.85. The highest BCUT2D eigenvalue weighted by Gasteiger charge is 2.14. The monoisotopic (exact) mass is 310 g/mol. The van der Waals surface area contributed by atoms with E-state index in [4.69, 9.17) is 4.74 Å². The normalized spacial score (nSPS) is 17.6. The molecule has 1 atom stereocenters. The molecular weight excluding hydrogens is 284 g/mol. The summed E-state index contributed by atoms with van der Waals surface area (Å²) in [6, 6.07) is 4.44. The Balaban J connectivity index is 1.59. The summed E-state index contributed by atoms with van der Waals surface area (Å²) in [6.07, 6.45) is 3.79. The van der Waals surface area contributed by atoms with Crippen LogP contribution in [0.5, 0.6) is 0 Å². The number of rotatable bonds is 7. The van der Waals surface area contributed by atoms with Crippen LogP contribution in [-0.4, -0.2) is 37.7 Å². The quantitative estimate of drug-likeness (QED) is 0.812. The van der Waals surface area contributed by atoms with Crippen LogP contribution in [0.25, 0.3) is 0 Å². The van der Waals surface area contributed by atoms with Gasteiger partial charge in [0.15, 0.2) is 0 Å². The standard InChI is InChI=1S/C16H26N2O2S/c1-12(11-15-4-3-13(2)21-15)18-16(19)7-10-20-14-5-8-17-9-6-14/h3-4,12,14,17H,5-11H2,1-2H3,(H,18,19). The number of carbonyl (C=O) groups is 1. The van der Waals surface area contributed by atoms with E-state index in [1.807, 2.05) is 0 Å². The molecule has 0 radical (unpaired) electrons. The van der Waals surface area contributed by atoms with Crippen LogP contribution < -0.4 is 10.6 Å². The molecule has 1 aromatic heterocycles. The molecule has 0 spiro atoms. The maximum atomic E-state index is 11.9. The molecule has 1 fully saturated rings. The lowest BCUT2D eigenvalue weighted by molar-refractivity contribution is -0.123. The maximum absolute atomic E-state index is 11.9. The summed E-state index contributed by atoms with van der Waals surface area (Å²) in [6.45, 7) is 6.74. The minimum absolute atomic E-state index is 0.0877. The van der Waals surface area contributed by atoms with Gasteiger partial charge in [-0.3, -0.25) is 4.79 Å². The van der Waals surface area contributed by atoms with Crippen molar-refractivity contribution in [3.8, 4) is 0 Å².